The van der Waals surface area contributed by atoms with E-state index in [9.17, 15) is 19.2 Å². The summed E-state index contributed by atoms with van der Waals surface area (Å²) in [5.74, 6) is -0.225. The van der Waals surface area contributed by atoms with Gasteiger partial charge < -0.3 is 28.4 Å². The Hall–Kier alpha value is -7.21. The molecule has 0 aromatic heterocycles. The van der Waals surface area contributed by atoms with Crippen molar-refractivity contribution in [3.05, 3.63) is 157 Å². The number of carbonyl (C=O) groups is 4. The van der Waals surface area contributed by atoms with Crippen molar-refractivity contribution in [1.82, 2.24) is 0 Å². The van der Waals surface area contributed by atoms with E-state index in [1.165, 1.54) is 0 Å². The van der Waals surface area contributed by atoms with Gasteiger partial charge in [0.2, 0.25) is 0 Å². The fourth-order valence-corrected chi connectivity index (χ4v) is 6.22. The van der Waals surface area contributed by atoms with Crippen LogP contribution in [0.25, 0.3) is 10.8 Å². The van der Waals surface area contributed by atoms with Crippen LogP contribution in [0, 0.1) is 0 Å². The van der Waals surface area contributed by atoms with Crippen LogP contribution >= 0.6 is 0 Å². The Morgan fingerprint density at radius 2 is 1.10 bits per heavy atom. The maximum Gasteiger partial charge on any atom is 0.343 e. The normalized spacial score (nSPS) is 10.8. The van der Waals surface area contributed by atoms with E-state index in [0.717, 1.165) is 85.5 Å². The number of carbonyl (C=O) groups excluding carboxylic acids is 4. The first-order valence-corrected chi connectivity index (χ1v) is 21.2. The van der Waals surface area contributed by atoms with E-state index in [4.69, 9.17) is 28.4 Å². The average Bonchev–Trinajstić information content (AvgIpc) is 3.31. The number of esters is 4. The van der Waals surface area contributed by atoms with Crippen LogP contribution in [-0.4, -0.2) is 63.1 Å². The number of hydrogen-bond acceptors (Lipinski definition) is 12. The highest BCUT2D eigenvalue weighted by Crippen LogP contribution is 2.23. The Bertz CT molecular complexity index is 2300. The molecule has 5 aromatic rings. The highest BCUT2D eigenvalue weighted by Gasteiger charge is 2.14. The molecule has 12 heteroatoms. The lowest BCUT2D eigenvalue weighted by Crippen LogP contribution is -2.11. The van der Waals surface area contributed by atoms with Crippen molar-refractivity contribution < 1.29 is 47.6 Å². The fourth-order valence-electron chi connectivity index (χ4n) is 6.22. The molecule has 328 valence electrons. The molecule has 1 N–H and O–H groups in total. The molecular formula is C51H54N2O10. The second-order valence-electron chi connectivity index (χ2n) is 14.4. The van der Waals surface area contributed by atoms with Gasteiger partial charge in [0.25, 0.3) is 0 Å². The highest BCUT2D eigenvalue weighted by molar-refractivity contribution is 5.94. The second kappa shape index (κ2) is 26.2. The molecule has 0 heterocycles. The third kappa shape index (κ3) is 16.6. The van der Waals surface area contributed by atoms with Gasteiger partial charge in [-0.1, -0.05) is 49.6 Å². The Balaban J connectivity index is 1.12. The van der Waals surface area contributed by atoms with Crippen molar-refractivity contribution in [2.45, 2.75) is 57.8 Å². The number of unbranched alkanes of at least 4 members (excludes halogenated alkanes) is 6. The van der Waals surface area contributed by atoms with E-state index in [0.29, 0.717) is 66.8 Å². The molecule has 0 unspecified atom stereocenters. The zero-order valence-corrected chi connectivity index (χ0v) is 35.5. The molecule has 0 amide bonds. The van der Waals surface area contributed by atoms with Gasteiger partial charge in [0.05, 0.1) is 56.1 Å². The predicted octanol–water partition coefficient (Wildman–Crippen LogP) is 10.2. The van der Waals surface area contributed by atoms with Gasteiger partial charge in [-0.05, 0) is 140 Å². The summed E-state index contributed by atoms with van der Waals surface area (Å²) in [6.45, 7) is 8.69. The number of rotatable bonds is 27. The zero-order chi connectivity index (χ0) is 44.5. The van der Waals surface area contributed by atoms with Crippen LogP contribution in [0.15, 0.2) is 140 Å². The Kier molecular flexibility index (Phi) is 19.5. The Labute approximate surface area is 368 Å². The zero-order valence-electron chi connectivity index (χ0n) is 35.5. The quantitative estimate of drug-likeness (QED) is 0.0102. The Morgan fingerprint density at radius 3 is 1.68 bits per heavy atom. The topological polar surface area (TPSA) is 148 Å². The molecule has 0 aliphatic rings. The minimum absolute atomic E-state index is 0.122. The lowest BCUT2D eigenvalue weighted by Gasteiger charge is -2.11. The first-order chi connectivity index (χ1) is 30.8. The first kappa shape index (κ1) is 46.8. The van der Waals surface area contributed by atoms with Crippen LogP contribution in [0.3, 0.4) is 0 Å². The minimum atomic E-state index is -0.547. The van der Waals surface area contributed by atoms with Crippen molar-refractivity contribution >= 4 is 46.6 Å². The van der Waals surface area contributed by atoms with Crippen LogP contribution in [0.5, 0.6) is 17.2 Å². The molecular weight excluding hydrogens is 801 g/mol. The standard InChI is InChI=1S/C51H54N2O10/c1-3-48(54)60-32-13-7-5-11-30-58-45-24-19-40(20-25-45)50(56)62-34-29-38-17-28-47(43(35-38)37-52-53-44-23-18-39-15-9-10-16-42(39)36-44)63-51(57)41-21-26-46(27-22-41)59-31-12-6-8-14-33-61-49(55)4-2/h3-4,9-10,15-28,35-37,53H,1-2,5-8,11-14,29-34H2/b52-37+. The highest BCUT2D eigenvalue weighted by atomic mass is 16.5. The van der Waals surface area contributed by atoms with Gasteiger partial charge in [0, 0.05) is 24.1 Å². The number of benzene rings is 5. The molecule has 0 spiro atoms. The van der Waals surface area contributed by atoms with Crippen molar-refractivity contribution in [3.63, 3.8) is 0 Å². The summed E-state index contributed by atoms with van der Waals surface area (Å²) < 4.78 is 33.1. The molecule has 5 rings (SSSR count). The van der Waals surface area contributed by atoms with Crippen LogP contribution in [0.1, 0.15) is 83.2 Å². The SMILES string of the molecule is C=CC(=O)OCCCCCCOc1ccc(C(=O)OCCc2ccc(OC(=O)c3ccc(OCCCCCCOC(=O)C=C)cc3)c(/C=N/Nc3ccc4ccccc4c3)c2)cc1. The molecule has 0 radical (unpaired) electrons. The molecule has 0 saturated carbocycles. The van der Waals surface area contributed by atoms with E-state index in [2.05, 4.69) is 23.7 Å². The lowest BCUT2D eigenvalue weighted by molar-refractivity contribution is -0.138. The predicted molar refractivity (Wildman–Crippen MR) is 244 cm³/mol. The molecule has 0 aliphatic heterocycles. The third-order valence-electron chi connectivity index (χ3n) is 9.66. The average molecular weight is 855 g/mol. The smallest absolute Gasteiger partial charge is 0.343 e. The van der Waals surface area contributed by atoms with Gasteiger partial charge in [-0.25, -0.2) is 19.2 Å². The van der Waals surface area contributed by atoms with Gasteiger partial charge in [0.1, 0.15) is 17.2 Å². The first-order valence-electron chi connectivity index (χ1n) is 21.2. The molecule has 0 saturated heterocycles. The summed E-state index contributed by atoms with van der Waals surface area (Å²) in [6.07, 6.45) is 11.3. The van der Waals surface area contributed by atoms with E-state index < -0.39 is 23.9 Å². The lowest BCUT2D eigenvalue weighted by atomic mass is 10.1. The van der Waals surface area contributed by atoms with Crippen molar-refractivity contribution in [2.75, 3.05) is 38.5 Å². The number of anilines is 1. The molecule has 0 bridgehead atoms. The Morgan fingerprint density at radius 1 is 0.540 bits per heavy atom. The molecule has 0 atom stereocenters. The van der Waals surface area contributed by atoms with E-state index in [1.807, 2.05) is 54.6 Å². The number of nitrogens with zero attached hydrogens (tertiary/aromatic N) is 1. The van der Waals surface area contributed by atoms with Crippen LogP contribution in [0.4, 0.5) is 5.69 Å². The van der Waals surface area contributed by atoms with Gasteiger partial charge in [-0.3, -0.25) is 5.43 Å². The van der Waals surface area contributed by atoms with Gasteiger partial charge in [0.15, 0.2) is 0 Å². The summed E-state index contributed by atoms with van der Waals surface area (Å²) in [6, 6.07) is 32.9. The van der Waals surface area contributed by atoms with Gasteiger partial charge in [-0.2, -0.15) is 5.10 Å². The van der Waals surface area contributed by atoms with Crippen LogP contribution in [0.2, 0.25) is 0 Å². The minimum Gasteiger partial charge on any atom is -0.494 e. The monoisotopic (exact) mass is 854 g/mol. The van der Waals surface area contributed by atoms with E-state index in [1.54, 1.807) is 60.8 Å². The maximum absolute atomic E-state index is 13.3. The van der Waals surface area contributed by atoms with E-state index >= 15 is 0 Å². The molecule has 63 heavy (non-hydrogen) atoms. The number of ether oxygens (including phenoxy) is 6. The van der Waals surface area contributed by atoms with Crippen LogP contribution < -0.4 is 19.6 Å². The summed E-state index contributed by atoms with van der Waals surface area (Å²) in [7, 11) is 0. The van der Waals surface area contributed by atoms with Crippen molar-refractivity contribution in [3.8, 4) is 17.2 Å². The molecule has 12 nitrogen and oxygen atoms in total. The summed E-state index contributed by atoms with van der Waals surface area (Å²) >= 11 is 0. The van der Waals surface area contributed by atoms with E-state index in [-0.39, 0.29) is 6.61 Å². The van der Waals surface area contributed by atoms with Gasteiger partial charge in [-0.15, -0.1) is 0 Å². The van der Waals surface area contributed by atoms with Gasteiger partial charge >= 0.3 is 23.9 Å². The summed E-state index contributed by atoms with van der Waals surface area (Å²) in [4.78, 5) is 48.4. The summed E-state index contributed by atoms with van der Waals surface area (Å²) in [5.41, 5.74) is 6.00. The van der Waals surface area contributed by atoms with Crippen molar-refractivity contribution in [2.24, 2.45) is 5.10 Å². The van der Waals surface area contributed by atoms with Crippen LogP contribution in [-0.2, 0) is 30.2 Å². The number of hydrogen-bond donors (Lipinski definition) is 1. The van der Waals surface area contributed by atoms with Crippen molar-refractivity contribution in [1.29, 1.82) is 0 Å². The fraction of sp³-hybridized carbons (Fsp3) is 0.275. The molecule has 0 fully saturated rings. The number of fused-ring (bicyclic) bond motifs is 1. The molecule has 0 aliphatic carbocycles. The second-order valence-corrected chi connectivity index (χ2v) is 14.4. The molecule has 5 aromatic carbocycles. The maximum atomic E-state index is 13.3. The number of nitrogens with one attached hydrogen (secondary N) is 1. The number of hydrazone groups is 1. The third-order valence-corrected chi connectivity index (χ3v) is 9.66. The summed E-state index contributed by atoms with van der Waals surface area (Å²) in [5, 5.41) is 6.64. The largest absolute Gasteiger partial charge is 0.494 e.